The summed E-state index contributed by atoms with van der Waals surface area (Å²) in [6, 6.07) is 0.413. The molecule has 0 aromatic carbocycles. The molecule has 2 rings (SSSR count). The summed E-state index contributed by atoms with van der Waals surface area (Å²) in [5.74, 6) is 0.408. The Morgan fingerprint density at radius 2 is 2.16 bits per heavy atom. The Hall–Kier alpha value is -1.10. The summed E-state index contributed by atoms with van der Waals surface area (Å²) < 4.78 is 0. The second-order valence-electron chi connectivity index (χ2n) is 6.23. The van der Waals surface area contributed by atoms with Gasteiger partial charge in [-0.3, -0.25) is 9.59 Å². The first-order chi connectivity index (χ1) is 8.96. The van der Waals surface area contributed by atoms with Gasteiger partial charge in [-0.2, -0.15) is 0 Å². The van der Waals surface area contributed by atoms with Crippen molar-refractivity contribution in [3.05, 3.63) is 0 Å². The second-order valence-corrected chi connectivity index (χ2v) is 6.23. The van der Waals surface area contributed by atoms with Gasteiger partial charge in [0.2, 0.25) is 11.8 Å². The van der Waals surface area contributed by atoms with E-state index in [4.69, 9.17) is 0 Å². The third kappa shape index (κ3) is 2.91. The first-order valence-electron chi connectivity index (χ1n) is 7.20. The van der Waals surface area contributed by atoms with Gasteiger partial charge in [-0.15, -0.1) is 0 Å². The molecule has 2 aliphatic heterocycles. The maximum Gasteiger partial charge on any atom is 0.227 e. The number of rotatable bonds is 2. The number of amides is 2. The topological polar surface area (TPSA) is 61.4 Å². The molecule has 0 saturated carbocycles. The largest absolute Gasteiger partial charge is 0.359 e. The molecule has 5 nitrogen and oxygen atoms in total. The average Bonchev–Trinajstić information content (AvgIpc) is 2.81. The number of likely N-dealkylation sites (tertiary alicyclic amines) is 1. The lowest BCUT2D eigenvalue weighted by atomic mass is 9.88. The third-order valence-electron chi connectivity index (χ3n) is 4.53. The van der Waals surface area contributed by atoms with E-state index in [1.165, 1.54) is 0 Å². The summed E-state index contributed by atoms with van der Waals surface area (Å²) in [6.07, 6.45) is 2.58. The Balaban J connectivity index is 1.96. The second kappa shape index (κ2) is 5.49. The molecule has 2 N–H and O–H groups in total. The van der Waals surface area contributed by atoms with Gasteiger partial charge in [0.25, 0.3) is 0 Å². The van der Waals surface area contributed by atoms with Crippen molar-refractivity contribution in [1.82, 2.24) is 15.5 Å². The molecule has 2 heterocycles. The van der Waals surface area contributed by atoms with Crippen molar-refractivity contribution in [1.29, 1.82) is 0 Å². The minimum atomic E-state index is -0.414. The summed E-state index contributed by atoms with van der Waals surface area (Å²) in [7, 11) is 1.66. The molecule has 2 amide bonds. The van der Waals surface area contributed by atoms with Crippen LogP contribution in [0.4, 0.5) is 0 Å². The zero-order valence-electron chi connectivity index (χ0n) is 12.2. The average molecular weight is 267 g/mol. The lowest BCUT2D eigenvalue weighted by molar-refractivity contribution is -0.136. The minimum absolute atomic E-state index is 0.0430. The molecule has 0 bridgehead atoms. The van der Waals surface area contributed by atoms with Crippen LogP contribution in [-0.4, -0.2) is 49.4 Å². The SMILES string of the molecule is CNC(=O)C1(C)CCN(C(=O)C2CCNC(C)C2)C1. The normalized spacial score (nSPS) is 35.2. The van der Waals surface area contributed by atoms with Crippen molar-refractivity contribution in [2.75, 3.05) is 26.7 Å². The van der Waals surface area contributed by atoms with Crippen LogP contribution in [0.15, 0.2) is 0 Å². The molecule has 108 valence electrons. The molecule has 2 saturated heterocycles. The Bertz CT molecular complexity index is 372. The first-order valence-corrected chi connectivity index (χ1v) is 7.20. The van der Waals surface area contributed by atoms with E-state index in [0.717, 1.165) is 25.8 Å². The standard InChI is InChI=1S/C14H25N3O2/c1-10-8-11(4-6-16-10)12(18)17-7-5-14(2,9-17)13(19)15-3/h10-11,16H,4-9H2,1-3H3,(H,15,19). The van der Waals surface area contributed by atoms with E-state index >= 15 is 0 Å². The predicted molar refractivity (Wildman–Crippen MR) is 73.6 cm³/mol. The summed E-state index contributed by atoms with van der Waals surface area (Å²) in [5.41, 5.74) is -0.414. The highest BCUT2D eigenvalue weighted by molar-refractivity contribution is 5.85. The molecule has 5 heteroatoms. The van der Waals surface area contributed by atoms with E-state index < -0.39 is 5.41 Å². The molecule has 0 aromatic rings. The molecular formula is C14H25N3O2. The van der Waals surface area contributed by atoms with Gasteiger partial charge in [0.1, 0.15) is 0 Å². The lowest BCUT2D eigenvalue weighted by Crippen LogP contribution is -2.45. The fraction of sp³-hybridized carbons (Fsp3) is 0.857. The molecule has 0 radical (unpaired) electrons. The highest BCUT2D eigenvalue weighted by Gasteiger charge is 2.43. The Morgan fingerprint density at radius 1 is 1.42 bits per heavy atom. The van der Waals surface area contributed by atoms with Crippen LogP contribution in [0.3, 0.4) is 0 Å². The van der Waals surface area contributed by atoms with Gasteiger partial charge in [0.05, 0.1) is 5.41 Å². The number of nitrogens with one attached hydrogen (secondary N) is 2. The van der Waals surface area contributed by atoms with Crippen LogP contribution in [-0.2, 0) is 9.59 Å². The first kappa shape index (κ1) is 14.3. The number of hydrogen-bond donors (Lipinski definition) is 2. The minimum Gasteiger partial charge on any atom is -0.359 e. The maximum absolute atomic E-state index is 12.5. The zero-order valence-corrected chi connectivity index (χ0v) is 12.2. The van der Waals surface area contributed by atoms with Gasteiger partial charge >= 0.3 is 0 Å². The molecule has 3 atom stereocenters. The van der Waals surface area contributed by atoms with Gasteiger partial charge in [-0.05, 0) is 39.7 Å². The molecule has 0 aromatic heterocycles. The lowest BCUT2D eigenvalue weighted by Gasteiger charge is -2.31. The highest BCUT2D eigenvalue weighted by Crippen LogP contribution is 2.32. The number of carbonyl (C=O) groups excluding carboxylic acids is 2. The molecule has 0 spiro atoms. The fourth-order valence-electron chi connectivity index (χ4n) is 3.25. The molecule has 0 aliphatic carbocycles. The van der Waals surface area contributed by atoms with Gasteiger partial charge in [0, 0.05) is 32.1 Å². The summed E-state index contributed by atoms with van der Waals surface area (Å²) >= 11 is 0. The summed E-state index contributed by atoms with van der Waals surface area (Å²) in [6.45, 7) is 6.26. The van der Waals surface area contributed by atoms with Crippen LogP contribution < -0.4 is 10.6 Å². The molecule has 19 heavy (non-hydrogen) atoms. The van der Waals surface area contributed by atoms with Crippen LogP contribution in [0.2, 0.25) is 0 Å². The van der Waals surface area contributed by atoms with Crippen LogP contribution >= 0.6 is 0 Å². The van der Waals surface area contributed by atoms with Gasteiger partial charge in [-0.25, -0.2) is 0 Å². The van der Waals surface area contributed by atoms with Gasteiger partial charge in [0.15, 0.2) is 0 Å². The quantitative estimate of drug-likeness (QED) is 0.759. The van der Waals surface area contributed by atoms with Crippen LogP contribution in [0.25, 0.3) is 0 Å². The predicted octanol–water partition coefficient (Wildman–Crippen LogP) is 0.359. The number of hydrogen-bond acceptors (Lipinski definition) is 3. The number of nitrogens with zero attached hydrogens (tertiary/aromatic N) is 1. The Kier molecular flexibility index (Phi) is 4.13. The van der Waals surface area contributed by atoms with Crippen LogP contribution in [0, 0.1) is 11.3 Å². The van der Waals surface area contributed by atoms with Crippen molar-refractivity contribution in [3.63, 3.8) is 0 Å². The fourth-order valence-corrected chi connectivity index (χ4v) is 3.25. The smallest absolute Gasteiger partial charge is 0.227 e. The van der Waals surface area contributed by atoms with E-state index in [1.54, 1.807) is 7.05 Å². The monoisotopic (exact) mass is 267 g/mol. The van der Waals surface area contributed by atoms with Crippen molar-refractivity contribution < 1.29 is 9.59 Å². The molecule has 3 unspecified atom stereocenters. The van der Waals surface area contributed by atoms with Crippen molar-refractivity contribution in [2.45, 2.75) is 39.2 Å². The third-order valence-corrected chi connectivity index (χ3v) is 4.53. The zero-order chi connectivity index (χ0) is 14.0. The Morgan fingerprint density at radius 3 is 2.79 bits per heavy atom. The number of piperidine rings is 1. The Labute approximate surface area is 115 Å². The van der Waals surface area contributed by atoms with Crippen molar-refractivity contribution in [2.24, 2.45) is 11.3 Å². The van der Waals surface area contributed by atoms with E-state index in [0.29, 0.717) is 19.1 Å². The summed E-state index contributed by atoms with van der Waals surface area (Å²) in [5, 5.41) is 6.07. The number of carbonyl (C=O) groups is 2. The van der Waals surface area contributed by atoms with Crippen LogP contribution in [0.5, 0.6) is 0 Å². The molecular weight excluding hydrogens is 242 g/mol. The van der Waals surface area contributed by atoms with Crippen molar-refractivity contribution in [3.8, 4) is 0 Å². The van der Waals surface area contributed by atoms with Gasteiger partial charge in [-0.1, -0.05) is 0 Å². The van der Waals surface area contributed by atoms with E-state index in [2.05, 4.69) is 17.6 Å². The molecule has 2 fully saturated rings. The molecule has 2 aliphatic rings. The highest BCUT2D eigenvalue weighted by atomic mass is 16.2. The van der Waals surface area contributed by atoms with E-state index in [9.17, 15) is 9.59 Å². The van der Waals surface area contributed by atoms with E-state index in [-0.39, 0.29) is 17.7 Å². The van der Waals surface area contributed by atoms with E-state index in [1.807, 2.05) is 11.8 Å². The van der Waals surface area contributed by atoms with Crippen molar-refractivity contribution >= 4 is 11.8 Å². The van der Waals surface area contributed by atoms with Crippen LogP contribution in [0.1, 0.15) is 33.1 Å². The van der Waals surface area contributed by atoms with Gasteiger partial charge < -0.3 is 15.5 Å². The maximum atomic E-state index is 12.5. The summed E-state index contributed by atoms with van der Waals surface area (Å²) in [4.78, 5) is 26.3.